The molecular formula is C20H28ClN3O2. The number of amides is 2. The Kier molecular flexibility index (Phi) is 6.20. The highest BCUT2D eigenvalue weighted by molar-refractivity contribution is 6.31. The van der Waals surface area contributed by atoms with Crippen molar-refractivity contribution in [1.82, 2.24) is 4.90 Å². The van der Waals surface area contributed by atoms with Gasteiger partial charge in [-0.1, -0.05) is 30.9 Å². The summed E-state index contributed by atoms with van der Waals surface area (Å²) in [6, 6.07) is 5.53. The molecule has 2 aliphatic carbocycles. The molecule has 3 N–H and O–H groups in total. The maximum atomic E-state index is 12.3. The first-order valence-electron chi connectivity index (χ1n) is 9.58. The molecule has 0 spiro atoms. The van der Waals surface area contributed by atoms with E-state index in [0.717, 1.165) is 56.2 Å². The summed E-state index contributed by atoms with van der Waals surface area (Å²) in [5.41, 5.74) is 7.85. The van der Waals surface area contributed by atoms with Gasteiger partial charge in [-0.3, -0.25) is 9.59 Å². The van der Waals surface area contributed by atoms with Crippen LogP contribution in [0.4, 0.5) is 5.69 Å². The van der Waals surface area contributed by atoms with Gasteiger partial charge in [0.1, 0.15) is 0 Å². The molecule has 6 heteroatoms. The van der Waals surface area contributed by atoms with Crippen molar-refractivity contribution in [3.63, 3.8) is 0 Å². The van der Waals surface area contributed by atoms with Crippen LogP contribution in [-0.4, -0.2) is 28.8 Å². The number of rotatable bonds is 5. The van der Waals surface area contributed by atoms with Crippen molar-refractivity contribution in [1.29, 1.82) is 0 Å². The first kappa shape index (κ1) is 19.2. The van der Waals surface area contributed by atoms with Gasteiger partial charge in [0.25, 0.3) is 0 Å². The third kappa shape index (κ3) is 4.38. The molecule has 1 aromatic rings. The molecule has 2 aliphatic rings. The molecule has 0 aliphatic heterocycles. The van der Waals surface area contributed by atoms with Gasteiger partial charge in [-0.25, -0.2) is 0 Å². The monoisotopic (exact) mass is 377 g/mol. The zero-order chi connectivity index (χ0) is 18.7. The molecule has 2 saturated carbocycles. The second kappa shape index (κ2) is 8.40. The van der Waals surface area contributed by atoms with Crippen molar-refractivity contribution < 1.29 is 9.59 Å². The third-order valence-electron chi connectivity index (χ3n) is 5.72. The largest absolute Gasteiger partial charge is 0.334 e. The number of hydrogen-bond donors (Lipinski definition) is 2. The Morgan fingerprint density at radius 1 is 1.19 bits per heavy atom. The Morgan fingerprint density at radius 2 is 1.92 bits per heavy atom. The van der Waals surface area contributed by atoms with Crippen molar-refractivity contribution in [3.05, 3.63) is 28.8 Å². The Bertz CT molecular complexity index is 675. The average molecular weight is 378 g/mol. The standard InChI is InChI=1S/C20H28ClN3O2/c1-13(25)24(19-8-3-2-7-18(19)22)12-15-11-16(9-10-17(15)21)23-20(26)14-5-4-6-14/h9-11,14,18-19H,2-8,12,22H2,1H3,(H,23,26). The van der Waals surface area contributed by atoms with E-state index in [2.05, 4.69) is 5.32 Å². The zero-order valence-corrected chi connectivity index (χ0v) is 16.1. The van der Waals surface area contributed by atoms with Crippen molar-refractivity contribution in [3.8, 4) is 0 Å². The topological polar surface area (TPSA) is 75.4 Å². The van der Waals surface area contributed by atoms with Gasteiger partial charge < -0.3 is 16.0 Å². The number of benzene rings is 1. The van der Waals surface area contributed by atoms with Gasteiger partial charge in [0.15, 0.2) is 0 Å². The fraction of sp³-hybridized carbons (Fsp3) is 0.600. The van der Waals surface area contributed by atoms with E-state index >= 15 is 0 Å². The number of anilines is 1. The lowest BCUT2D eigenvalue weighted by molar-refractivity contribution is -0.133. The van der Waals surface area contributed by atoms with E-state index in [-0.39, 0.29) is 29.8 Å². The normalized spacial score (nSPS) is 23.2. The lowest BCUT2D eigenvalue weighted by Gasteiger charge is -2.38. The fourth-order valence-corrected chi connectivity index (χ4v) is 4.04. The van der Waals surface area contributed by atoms with Gasteiger partial charge in [0.05, 0.1) is 0 Å². The number of nitrogens with zero attached hydrogens (tertiary/aromatic N) is 1. The molecule has 2 amide bonds. The third-order valence-corrected chi connectivity index (χ3v) is 6.09. The van der Waals surface area contributed by atoms with E-state index in [1.807, 2.05) is 17.0 Å². The number of carbonyl (C=O) groups excluding carboxylic acids is 2. The predicted octanol–water partition coefficient (Wildman–Crippen LogP) is 3.70. The Balaban J connectivity index is 1.74. The van der Waals surface area contributed by atoms with Crippen LogP contribution in [0.15, 0.2) is 18.2 Å². The highest BCUT2D eigenvalue weighted by atomic mass is 35.5. The second-order valence-corrected chi connectivity index (χ2v) is 7.99. The van der Waals surface area contributed by atoms with Crippen LogP contribution >= 0.6 is 11.6 Å². The summed E-state index contributed by atoms with van der Waals surface area (Å²) in [4.78, 5) is 26.3. The van der Waals surface area contributed by atoms with Gasteiger partial charge in [0.2, 0.25) is 11.8 Å². The lowest BCUT2D eigenvalue weighted by atomic mass is 9.85. The highest BCUT2D eigenvalue weighted by Crippen LogP contribution is 2.30. The number of halogens is 1. The summed E-state index contributed by atoms with van der Waals surface area (Å²) in [6.45, 7) is 2.00. The number of nitrogens with two attached hydrogens (primary N) is 1. The van der Waals surface area contributed by atoms with Crippen molar-refractivity contribution in [2.24, 2.45) is 11.7 Å². The summed E-state index contributed by atoms with van der Waals surface area (Å²) < 4.78 is 0. The molecule has 142 valence electrons. The Labute approximate surface area is 160 Å². The van der Waals surface area contributed by atoms with Crippen LogP contribution < -0.4 is 11.1 Å². The van der Waals surface area contributed by atoms with Gasteiger partial charge in [-0.2, -0.15) is 0 Å². The zero-order valence-electron chi connectivity index (χ0n) is 15.3. The molecule has 0 bridgehead atoms. The highest BCUT2D eigenvalue weighted by Gasteiger charge is 2.30. The Morgan fingerprint density at radius 3 is 2.54 bits per heavy atom. The molecule has 1 aromatic carbocycles. The van der Waals surface area contributed by atoms with E-state index in [0.29, 0.717) is 11.6 Å². The molecule has 26 heavy (non-hydrogen) atoms. The summed E-state index contributed by atoms with van der Waals surface area (Å²) in [6.07, 6.45) is 7.13. The van der Waals surface area contributed by atoms with Crippen LogP contribution in [0.5, 0.6) is 0 Å². The van der Waals surface area contributed by atoms with Crippen LogP contribution in [0.3, 0.4) is 0 Å². The van der Waals surface area contributed by atoms with Crippen LogP contribution in [-0.2, 0) is 16.1 Å². The minimum atomic E-state index is 0.00678. The SMILES string of the molecule is CC(=O)N(Cc1cc(NC(=O)C2CCC2)ccc1Cl)C1CCCCC1N. The fourth-order valence-electron chi connectivity index (χ4n) is 3.86. The van der Waals surface area contributed by atoms with E-state index < -0.39 is 0 Å². The van der Waals surface area contributed by atoms with E-state index in [1.54, 1.807) is 13.0 Å². The average Bonchev–Trinajstić information content (AvgIpc) is 2.54. The number of hydrogen-bond acceptors (Lipinski definition) is 3. The number of nitrogens with one attached hydrogen (secondary N) is 1. The maximum Gasteiger partial charge on any atom is 0.227 e. The second-order valence-electron chi connectivity index (χ2n) is 7.59. The van der Waals surface area contributed by atoms with Gasteiger partial charge in [0, 0.05) is 42.2 Å². The van der Waals surface area contributed by atoms with Crippen LogP contribution in [0.1, 0.15) is 57.4 Å². The minimum Gasteiger partial charge on any atom is -0.334 e. The molecule has 0 aromatic heterocycles. The van der Waals surface area contributed by atoms with Crippen molar-refractivity contribution >= 4 is 29.1 Å². The van der Waals surface area contributed by atoms with Crippen LogP contribution in [0, 0.1) is 5.92 Å². The quantitative estimate of drug-likeness (QED) is 0.821. The lowest BCUT2D eigenvalue weighted by Crippen LogP contribution is -2.51. The van der Waals surface area contributed by atoms with Gasteiger partial charge >= 0.3 is 0 Å². The molecule has 0 radical (unpaired) electrons. The Hall–Kier alpha value is -1.59. The summed E-state index contributed by atoms with van der Waals surface area (Å²) >= 11 is 6.38. The van der Waals surface area contributed by atoms with Crippen LogP contribution in [0.25, 0.3) is 0 Å². The molecule has 0 saturated heterocycles. The van der Waals surface area contributed by atoms with E-state index in [4.69, 9.17) is 17.3 Å². The molecule has 2 fully saturated rings. The predicted molar refractivity (Wildman–Crippen MR) is 104 cm³/mol. The number of carbonyl (C=O) groups is 2. The van der Waals surface area contributed by atoms with Gasteiger partial charge in [-0.05, 0) is 49.4 Å². The minimum absolute atomic E-state index is 0.00678. The van der Waals surface area contributed by atoms with Crippen molar-refractivity contribution in [2.45, 2.75) is 70.5 Å². The molecule has 5 nitrogen and oxygen atoms in total. The first-order valence-corrected chi connectivity index (χ1v) is 9.95. The first-order chi connectivity index (χ1) is 12.5. The van der Waals surface area contributed by atoms with E-state index in [1.165, 1.54) is 0 Å². The molecule has 0 heterocycles. The van der Waals surface area contributed by atoms with Gasteiger partial charge in [-0.15, -0.1) is 0 Å². The summed E-state index contributed by atoms with van der Waals surface area (Å²) in [5.74, 6) is 0.206. The molecule has 3 rings (SSSR count). The smallest absolute Gasteiger partial charge is 0.227 e. The summed E-state index contributed by atoms with van der Waals surface area (Å²) in [5, 5.41) is 3.58. The van der Waals surface area contributed by atoms with Crippen LogP contribution in [0.2, 0.25) is 5.02 Å². The van der Waals surface area contributed by atoms with Crippen molar-refractivity contribution in [2.75, 3.05) is 5.32 Å². The summed E-state index contributed by atoms with van der Waals surface area (Å²) in [7, 11) is 0. The molecule has 2 unspecified atom stereocenters. The molecular weight excluding hydrogens is 350 g/mol. The van der Waals surface area contributed by atoms with E-state index in [9.17, 15) is 9.59 Å². The molecule has 2 atom stereocenters. The maximum absolute atomic E-state index is 12.3.